The Bertz CT molecular complexity index is 505. The second kappa shape index (κ2) is 7.63. The van der Waals surface area contributed by atoms with Crippen LogP contribution in [-0.2, 0) is 11.3 Å². The van der Waals surface area contributed by atoms with Crippen molar-refractivity contribution in [1.29, 1.82) is 0 Å². The maximum absolute atomic E-state index is 5.27. The molecule has 1 aromatic rings. The molecule has 1 saturated heterocycles. The molecular formula is C16H29N5O. The highest BCUT2D eigenvalue weighted by atomic mass is 16.5. The summed E-state index contributed by atoms with van der Waals surface area (Å²) >= 11 is 0. The molecule has 0 spiro atoms. The fourth-order valence-corrected chi connectivity index (χ4v) is 2.49. The Morgan fingerprint density at radius 1 is 1.41 bits per heavy atom. The molecule has 1 aliphatic rings. The first-order chi connectivity index (χ1) is 10.5. The summed E-state index contributed by atoms with van der Waals surface area (Å²) in [5.74, 6) is 0.893. The number of aromatic nitrogens is 2. The summed E-state index contributed by atoms with van der Waals surface area (Å²) in [6.45, 7) is 13.5. The largest absolute Gasteiger partial charge is 0.380 e. The smallest absolute Gasteiger partial charge is 0.191 e. The van der Waals surface area contributed by atoms with Crippen LogP contribution >= 0.6 is 0 Å². The molecular weight excluding hydrogens is 278 g/mol. The summed E-state index contributed by atoms with van der Waals surface area (Å²) in [4.78, 5) is 4.67. The van der Waals surface area contributed by atoms with E-state index in [-0.39, 0.29) is 5.41 Å². The van der Waals surface area contributed by atoms with Gasteiger partial charge in [-0.1, -0.05) is 6.92 Å². The van der Waals surface area contributed by atoms with Crippen molar-refractivity contribution in [2.24, 2.45) is 10.4 Å². The van der Waals surface area contributed by atoms with Gasteiger partial charge in [-0.3, -0.25) is 9.67 Å². The molecule has 2 heterocycles. The van der Waals surface area contributed by atoms with E-state index in [4.69, 9.17) is 4.74 Å². The zero-order valence-electron chi connectivity index (χ0n) is 14.3. The Labute approximate surface area is 133 Å². The van der Waals surface area contributed by atoms with Crippen LogP contribution in [0.2, 0.25) is 0 Å². The van der Waals surface area contributed by atoms with Crippen molar-refractivity contribution in [1.82, 2.24) is 20.4 Å². The predicted molar refractivity (Wildman–Crippen MR) is 89.2 cm³/mol. The molecule has 0 amide bonds. The highest BCUT2D eigenvalue weighted by Crippen LogP contribution is 2.26. The minimum atomic E-state index is 0.214. The third-order valence-electron chi connectivity index (χ3n) is 3.81. The molecule has 1 aromatic heterocycles. The molecule has 6 nitrogen and oxygen atoms in total. The molecule has 0 bridgehead atoms. The Kier molecular flexibility index (Phi) is 5.83. The number of rotatable bonds is 7. The van der Waals surface area contributed by atoms with E-state index in [1.807, 2.05) is 6.92 Å². The normalized spacial score (nSPS) is 17.2. The maximum atomic E-state index is 5.27. The lowest BCUT2D eigenvalue weighted by Gasteiger charge is -2.36. The summed E-state index contributed by atoms with van der Waals surface area (Å²) in [5, 5.41) is 11.2. The van der Waals surface area contributed by atoms with E-state index in [9.17, 15) is 0 Å². The predicted octanol–water partition coefficient (Wildman–Crippen LogP) is 1.48. The van der Waals surface area contributed by atoms with Crippen molar-refractivity contribution >= 4 is 5.96 Å². The third kappa shape index (κ3) is 4.73. The highest BCUT2D eigenvalue weighted by molar-refractivity contribution is 5.79. The van der Waals surface area contributed by atoms with Crippen LogP contribution in [0.4, 0.5) is 0 Å². The van der Waals surface area contributed by atoms with Crippen molar-refractivity contribution in [2.75, 3.05) is 32.8 Å². The van der Waals surface area contributed by atoms with Crippen LogP contribution in [0, 0.1) is 19.3 Å². The van der Waals surface area contributed by atoms with Crippen LogP contribution in [0.1, 0.15) is 31.7 Å². The van der Waals surface area contributed by atoms with Crippen LogP contribution < -0.4 is 10.6 Å². The number of aliphatic imine (C=N–C) groups is 1. The van der Waals surface area contributed by atoms with Gasteiger partial charge in [-0.15, -0.1) is 0 Å². The molecule has 0 aliphatic carbocycles. The number of hydrogen-bond donors (Lipinski definition) is 2. The fourth-order valence-electron chi connectivity index (χ4n) is 2.49. The lowest BCUT2D eigenvalue weighted by atomic mass is 9.89. The topological polar surface area (TPSA) is 63.5 Å². The van der Waals surface area contributed by atoms with E-state index < -0.39 is 0 Å². The van der Waals surface area contributed by atoms with Gasteiger partial charge in [0.15, 0.2) is 5.96 Å². The first-order valence-electron chi connectivity index (χ1n) is 8.13. The van der Waals surface area contributed by atoms with E-state index in [2.05, 4.69) is 52.2 Å². The zero-order valence-corrected chi connectivity index (χ0v) is 14.3. The molecule has 0 saturated carbocycles. The van der Waals surface area contributed by atoms with Crippen molar-refractivity contribution in [3.05, 3.63) is 17.5 Å². The molecule has 2 N–H and O–H groups in total. The molecule has 0 aromatic carbocycles. The number of guanidine groups is 1. The van der Waals surface area contributed by atoms with Crippen LogP contribution in [-0.4, -0.2) is 48.6 Å². The Balaban J connectivity index is 1.74. The summed E-state index contributed by atoms with van der Waals surface area (Å²) in [6.07, 6.45) is 1.02. The lowest BCUT2D eigenvalue weighted by molar-refractivity contribution is -0.0945. The van der Waals surface area contributed by atoms with Crippen molar-refractivity contribution in [2.45, 2.75) is 40.7 Å². The number of nitrogens with one attached hydrogen (secondary N) is 2. The number of hydrogen-bond acceptors (Lipinski definition) is 3. The number of nitrogens with zero attached hydrogens (tertiary/aromatic N) is 3. The van der Waals surface area contributed by atoms with Gasteiger partial charge in [-0.05, 0) is 33.3 Å². The second-order valence-corrected chi connectivity index (χ2v) is 6.43. The van der Waals surface area contributed by atoms with Crippen LogP contribution in [0.15, 0.2) is 11.1 Å². The quantitative estimate of drug-likeness (QED) is 0.455. The second-order valence-electron chi connectivity index (χ2n) is 6.43. The fraction of sp³-hybridized carbons (Fsp3) is 0.750. The molecule has 1 fully saturated rings. The van der Waals surface area contributed by atoms with Gasteiger partial charge in [-0.25, -0.2) is 0 Å². The van der Waals surface area contributed by atoms with Crippen LogP contribution in [0.3, 0.4) is 0 Å². The highest BCUT2D eigenvalue weighted by Gasteiger charge is 2.33. The van der Waals surface area contributed by atoms with Crippen molar-refractivity contribution in [3.8, 4) is 0 Å². The molecule has 0 radical (unpaired) electrons. The molecule has 124 valence electrons. The summed E-state index contributed by atoms with van der Waals surface area (Å²) in [5.41, 5.74) is 2.51. The van der Waals surface area contributed by atoms with Gasteiger partial charge in [0, 0.05) is 30.7 Å². The summed E-state index contributed by atoms with van der Waals surface area (Å²) in [7, 11) is 0. The average molecular weight is 307 g/mol. The van der Waals surface area contributed by atoms with E-state index in [1.165, 1.54) is 5.69 Å². The monoisotopic (exact) mass is 307 g/mol. The molecule has 6 heteroatoms. The third-order valence-corrected chi connectivity index (χ3v) is 3.81. The van der Waals surface area contributed by atoms with Crippen molar-refractivity contribution < 1.29 is 4.74 Å². The van der Waals surface area contributed by atoms with Gasteiger partial charge in [0.1, 0.15) is 0 Å². The molecule has 0 atom stereocenters. The number of aryl methyl sites for hydroxylation is 3. The van der Waals surface area contributed by atoms with Gasteiger partial charge < -0.3 is 15.4 Å². The van der Waals surface area contributed by atoms with Crippen LogP contribution in [0.5, 0.6) is 0 Å². The Morgan fingerprint density at radius 2 is 2.18 bits per heavy atom. The van der Waals surface area contributed by atoms with Gasteiger partial charge in [-0.2, -0.15) is 5.10 Å². The molecule has 22 heavy (non-hydrogen) atoms. The molecule has 1 aliphatic heterocycles. The maximum Gasteiger partial charge on any atom is 0.191 e. The van der Waals surface area contributed by atoms with E-state index >= 15 is 0 Å². The molecule has 2 rings (SSSR count). The Morgan fingerprint density at radius 3 is 2.73 bits per heavy atom. The average Bonchev–Trinajstić information content (AvgIpc) is 2.76. The minimum absolute atomic E-state index is 0.214. The Hall–Kier alpha value is -1.56. The van der Waals surface area contributed by atoms with Gasteiger partial charge in [0.05, 0.1) is 25.5 Å². The standard InChI is InChI=1S/C16H29N5O/c1-5-17-15(19-10-16(4)11-22-12-16)18-7-6-8-21-14(3)9-13(2)20-21/h9H,5-8,10-12H2,1-4H3,(H2,17,18,19). The van der Waals surface area contributed by atoms with Gasteiger partial charge in [0.2, 0.25) is 0 Å². The van der Waals surface area contributed by atoms with Gasteiger partial charge >= 0.3 is 0 Å². The first kappa shape index (κ1) is 16.8. The summed E-state index contributed by atoms with van der Waals surface area (Å²) < 4.78 is 7.33. The van der Waals surface area contributed by atoms with Crippen molar-refractivity contribution in [3.63, 3.8) is 0 Å². The number of ether oxygens (including phenoxy) is 1. The lowest BCUT2D eigenvalue weighted by Crippen LogP contribution is -2.44. The SMILES string of the molecule is CCNC(=NCC1(C)COC1)NCCCn1nc(C)cc1C. The van der Waals surface area contributed by atoms with Crippen LogP contribution in [0.25, 0.3) is 0 Å². The van der Waals surface area contributed by atoms with E-state index in [0.717, 1.165) is 57.5 Å². The molecule has 0 unspecified atom stereocenters. The van der Waals surface area contributed by atoms with E-state index in [0.29, 0.717) is 0 Å². The van der Waals surface area contributed by atoms with Gasteiger partial charge in [0.25, 0.3) is 0 Å². The zero-order chi connectivity index (χ0) is 16.0. The van der Waals surface area contributed by atoms with E-state index in [1.54, 1.807) is 0 Å². The first-order valence-corrected chi connectivity index (χ1v) is 8.13. The minimum Gasteiger partial charge on any atom is -0.380 e. The summed E-state index contributed by atoms with van der Waals surface area (Å²) in [6, 6.07) is 2.11.